The number of allylic oxidation sites excluding steroid dienone is 4. The summed E-state index contributed by atoms with van der Waals surface area (Å²) in [5, 5.41) is 0. The van der Waals surface area contributed by atoms with E-state index in [0.29, 0.717) is 0 Å². The minimum absolute atomic E-state index is 1.35. The first kappa shape index (κ1) is 16.8. The highest BCUT2D eigenvalue weighted by Crippen LogP contribution is 1.87. The summed E-state index contributed by atoms with van der Waals surface area (Å²) in [5.74, 6) is 0. The van der Waals surface area contributed by atoms with Gasteiger partial charge in [0, 0.05) is 0 Å². The van der Waals surface area contributed by atoms with Crippen molar-refractivity contribution < 1.29 is 0 Å². The lowest BCUT2D eigenvalue weighted by atomic mass is 10.3. The molecule has 0 saturated carbocycles. The summed E-state index contributed by atoms with van der Waals surface area (Å²) in [7, 11) is 0. The van der Waals surface area contributed by atoms with Crippen molar-refractivity contribution >= 4 is 0 Å². The van der Waals surface area contributed by atoms with Crippen LogP contribution in [0.1, 0.15) is 48.5 Å². The van der Waals surface area contributed by atoms with Crippen molar-refractivity contribution in [1.29, 1.82) is 0 Å². The van der Waals surface area contributed by atoms with Crippen LogP contribution >= 0.6 is 0 Å². The molecule has 0 heterocycles. The summed E-state index contributed by atoms with van der Waals surface area (Å²) < 4.78 is 0. The molecule has 0 amide bonds. The Labute approximate surface area is 73.0 Å². The highest BCUT2D eigenvalue weighted by atomic mass is 13.7. The Morgan fingerprint density at radius 1 is 0.909 bits per heavy atom. The van der Waals surface area contributed by atoms with E-state index in [1.807, 2.05) is 46.8 Å². The molecule has 0 rings (SSSR count). The maximum atomic E-state index is 2.08. The van der Waals surface area contributed by atoms with Gasteiger partial charge in [-0.1, -0.05) is 51.5 Å². The minimum Gasteiger partial charge on any atom is -0.0877 e. The predicted molar refractivity (Wildman–Crippen MR) is 56.9 cm³/mol. The minimum atomic E-state index is 1.35. The summed E-state index contributed by atoms with van der Waals surface area (Å²) >= 11 is 0. The third kappa shape index (κ3) is 43.8. The van der Waals surface area contributed by atoms with E-state index in [-0.39, 0.29) is 0 Å². The van der Waals surface area contributed by atoms with Gasteiger partial charge in [0.2, 0.25) is 0 Å². The van der Waals surface area contributed by atoms with Gasteiger partial charge in [0.25, 0.3) is 0 Å². The molecule has 0 aromatic rings. The number of hydrogen-bond donors (Lipinski definition) is 0. The van der Waals surface area contributed by atoms with Gasteiger partial charge >= 0.3 is 0 Å². The van der Waals surface area contributed by atoms with Crippen LogP contribution in [0, 0.1) is 0 Å². The average molecular weight is 156 g/mol. The topological polar surface area (TPSA) is 0 Å². The largest absolute Gasteiger partial charge is 0.0877 e. The van der Waals surface area contributed by atoms with Crippen LogP contribution in [0.5, 0.6) is 0 Å². The maximum absolute atomic E-state index is 2.08. The summed E-state index contributed by atoms with van der Waals surface area (Å²) in [6.45, 7) is 14.2. The smallest absolute Gasteiger partial charge is 0.0439 e. The summed E-state index contributed by atoms with van der Waals surface area (Å²) in [5.41, 5.74) is 1.35. The van der Waals surface area contributed by atoms with Crippen LogP contribution < -0.4 is 0 Å². The molecule has 0 aromatic carbocycles. The fourth-order valence-corrected chi connectivity index (χ4v) is 0.289. The van der Waals surface area contributed by atoms with Gasteiger partial charge < -0.3 is 0 Å². The Morgan fingerprint density at radius 2 is 1.27 bits per heavy atom. The number of hydrogen-bond acceptors (Lipinski definition) is 0. The fraction of sp³-hybridized carbons (Fsp3) is 0.636. The van der Waals surface area contributed by atoms with E-state index < -0.39 is 0 Å². The third-order valence-corrected chi connectivity index (χ3v) is 0.622. The van der Waals surface area contributed by atoms with Crippen LogP contribution in [0.4, 0.5) is 0 Å². The lowest BCUT2D eigenvalue weighted by Crippen LogP contribution is -1.56. The van der Waals surface area contributed by atoms with Crippen LogP contribution in [0.15, 0.2) is 23.8 Å². The molecule has 68 valence electrons. The Morgan fingerprint density at radius 3 is 1.36 bits per heavy atom. The van der Waals surface area contributed by atoms with Gasteiger partial charge in [-0.2, -0.15) is 0 Å². The quantitative estimate of drug-likeness (QED) is 0.487. The average Bonchev–Trinajstić information content (AvgIpc) is 2.08. The van der Waals surface area contributed by atoms with Crippen LogP contribution in [-0.2, 0) is 0 Å². The van der Waals surface area contributed by atoms with E-state index in [4.69, 9.17) is 0 Å². The van der Waals surface area contributed by atoms with Gasteiger partial charge in [-0.05, 0) is 20.8 Å². The van der Waals surface area contributed by atoms with Crippen LogP contribution in [0.3, 0.4) is 0 Å². The van der Waals surface area contributed by atoms with Crippen molar-refractivity contribution in [3.8, 4) is 0 Å². The van der Waals surface area contributed by atoms with Gasteiger partial charge in [-0.25, -0.2) is 0 Å². The molecule has 0 heteroatoms. The van der Waals surface area contributed by atoms with Crippen LogP contribution in [0.25, 0.3) is 0 Å². The Bertz CT molecular complexity index is 82.2. The molecule has 0 nitrogen and oxygen atoms in total. The van der Waals surface area contributed by atoms with E-state index in [0.717, 1.165) is 0 Å². The fourth-order valence-electron chi connectivity index (χ4n) is 0.289. The molecule has 0 radical (unpaired) electrons. The van der Waals surface area contributed by atoms with E-state index in [1.165, 1.54) is 5.57 Å². The molecule has 0 bridgehead atoms. The molecule has 0 aliphatic rings. The van der Waals surface area contributed by atoms with Gasteiger partial charge in [-0.3, -0.25) is 0 Å². The van der Waals surface area contributed by atoms with Gasteiger partial charge in [0.1, 0.15) is 0 Å². The molecule has 0 aliphatic carbocycles. The third-order valence-electron chi connectivity index (χ3n) is 0.622. The zero-order valence-corrected chi connectivity index (χ0v) is 9.23. The summed E-state index contributed by atoms with van der Waals surface area (Å²) in [4.78, 5) is 0. The lowest BCUT2D eigenvalue weighted by Gasteiger charge is -1.77. The van der Waals surface area contributed by atoms with E-state index in [1.54, 1.807) is 0 Å². The van der Waals surface area contributed by atoms with Crippen molar-refractivity contribution in [3.63, 3.8) is 0 Å². The molecule has 0 aromatic heterocycles. The van der Waals surface area contributed by atoms with Gasteiger partial charge in [0.15, 0.2) is 0 Å². The van der Waals surface area contributed by atoms with E-state index >= 15 is 0 Å². The lowest BCUT2D eigenvalue weighted by molar-refractivity contribution is 1.39. The summed E-state index contributed by atoms with van der Waals surface area (Å²) in [6, 6.07) is 0. The van der Waals surface area contributed by atoms with E-state index in [2.05, 4.69) is 19.9 Å². The highest BCUT2D eigenvalue weighted by Gasteiger charge is 1.65. The second kappa shape index (κ2) is 22.7. The van der Waals surface area contributed by atoms with Crippen molar-refractivity contribution in [2.45, 2.75) is 48.5 Å². The molecular weight excluding hydrogens is 132 g/mol. The maximum Gasteiger partial charge on any atom is -0.0439 e. The molecular formula is C11H24. The molecule has 0 fully saturated rings. The Kier molecular flexibility index (Phi) is 34.7. The highest BCUT2D eigenvalue weighted by molar-refractivity contribution is 5.06. The monoisotopic (exact) mass is 156 g/mol. The first-order valence-electron chi connectivity index (χ1n) is 4.53. The molecule has 0 saturated heterocycles. The second-order valence-electron chi connectivity index (χ2n) is 1.77. The molecule has 11 heavy (non-hydrogen) atoms. The Balaban J connectivity index is -0.000000138. The SMILES string of the molecule is C/C=C\C=C(C)C.CC.CC. The predicted octanol–water partition coefficient (Wildman–Crippen LogP) is 4.58. The van der Waals surface area contributed by atoms with Crippen molar-refractivity contribution in [3.05, 3.63) is 23.8 Å². The zero-order chi connectivity index (χ0) is 9.70. The summed E-state index contributed by atoms with van der Waals surface area (Å²) in [6.07, 6.45) is 6.14. The first-order chi connectivity index (χ1) is 5.27. The second-order valence-corrected chi connectivity index (χ2v) is 1.77. The van der Waals surface area contributed by atoms with E-state index in [9.17, 15) is 0 Å². The number of rotatable bonds is 1. The van der Waals surface area contributed by atoms with Crippen LogP contribution in [-0.4, -0.2) is 0 Å². The molecule has 0 atom stereocenters. The molecule has 0 aliphatic heterocycles. The van der Waals surface area contributed by atoms with Crippen molar-refractivity contribution in [1.82, 2.24) is 0 Å². The Hall–Kier alpha value is -0.520. The standard InChI is InChI=1S/C7H12.2C2H6/c1-4-5-6-7(2)3;2*1-2/h4-6H,1-3H3;2*1-2H3/b5-4-;;. The van der Waals surface area contributed by atoms with Gasteiger partial charge in [-0.15, -0.1) is 0 Å². The molecule has 0 spiro atoms. The normalized spacial score (nSPS) is 7.18. The van der Waals surface area contributed by atoms with Crippen molar-refractivity contribution in [2.24, 2.45) is 0 Å². The zero-order valence-electron chi connectivity index (χ0n) is 9.23. The van der Waals surface area contributed by atoms with Crippen LogP contribution in [0.2, 0.25) is 0 Å². The molecule has 0 unspecified atom stereocenters. The first-order valence-corrected chi connectivity index (χ1v) is 4.53. The van der Waals surface area contributed by atoms with Crippen molar-refractivity contribution in [2.75, 3.05) is 0 Å². The van der Waals surface area contributed by atoms with Gasteiger partial charge in [0.05, 0.1) is 0 Å². The molecule has 0 N–H and O–H groups in total.